The summed E-state index contributed by atoms with van der Waals surface area (Å²) in [5.41, 5.74) is 3.25. The van der Waals surface area contributed by atoms with Crippen LogP contribution in [-0.4, -0.2) is 32.8 Å². The molecule has 5 heteroatoms. The Balaban J connectivity index is 1.43. The van der Waals surface area contributed by atoms with Gasteiger partial charge in [0.05, 0.1) is 5.69 Å². The Kier molecular flexibility index (Phi) is 4.24. The predicted molar refractivity (Wildman–Crippen MR) is 113 cm³/mol. The lowest BCUT2D eigenvalue weighted by molar-refractivity contribution is 0.203. The van der Waals surface area contributed by atoms with Crippen molar-refractivity contribution in [1.82, 2.24) is 19.7 Å². The molecule has 3 heterocycles. The van der Waals surface area contributed by atoms with Gasteiger partial charge in [-0.3, -0.25) is 14.4 Å². The van der Waals surface area contributed by atoms with Crippen molar-refractivity contribution in [2.45, 2.75) is 25.3 Å². The SMILES string of the molecule is Cn1nc(CN2CCC(c3ccccc3)CC2)c2c3ccccc3c(=O)[nH]c21. The second kappa shape index (κ2) is 6.91. The number of aromatic nitrogens is 3. The number of nitrogens with zero attached hydrogens (tertiary/aromatic N) is 3. The largest absolute Gasteiger partial charge is 0.306 e. The van der Waals surface area contributed by atoms with Gasteiger partial charge in [0.25, 0.3) is 5.56 Å². The number of piperidine rings is 1. The fourth-order valence-electron chi connectivity index (χ4n) is 4.55. The van der Waals surface area contributed by atoms with Crippen LogP contribution >= 0.6 is 0 Å². The summed E-state index contributed by atoms with van der Waals surface area (Å²) in [5.74, 6) is 0.648. The number of aromatic amines is 1. The predicted octanol–water partition coefficient (Wildman–Crippen LogP) is 3.79. The molecule has 0 aliphatic carbocycles. The highest BCUT2D eigenvalue weighted by molar-refractivity contribution is 6.05. The molecule has 1 N–H and O–H groups in total. The monoisotopic (exact) mass is 372 g/mol. The van der Waals surface area contributed by atoms with Crippen LogP contribution in [0.2, 0.25) is 0 Å². The number of rotatable bonds is 3. The first-order chi connectivity index (χ1) is 13.7. The number of fused-ring (bicyclic) bond motifs is 3. The first-order valence-corrected chi connectivity index (χ1v) is 9.94. The van der Waals surface area contributed by atoms with Crippen molar-refractivity contribution in [3.63, 3.8) is 0 Å². The minimum atomic E-state index is -0.0543. The number of nitrogens with one attached hydrogen (secondary N) is 1. The van der Waals surface area contributed by atoms with Crippen molar-refractivity contribution in [1.29, 1.82) is 0 Å². The van der Waals surface area contributed by atoms with E-state index in [1.54, 1.807) is 4.68 Å². The Morgan fingerprint density at radius 3 is 2.43 bits per heavy atom. The summed E-state index contributed by atoms with van der Waals surface area (Å²) in [6.07, 6.45) is 2.35. The summed E-state index contributed by atoms with van der Waals surface area (Å²) >= 11 is 0. The summed E-state index contributed by atoms with van der Waals surface area (Å²) in [6.45, 7) is 2.95. The zero-order valence-corrected chi connectivity index (χ0v) is 16.1. The van der Waals surface area contributed by atoms with E-state index in [2.05, 4.69) is 40.2 Å². The molecule has 0 spiro atoms. The van der Waals surface area contributed by atoms with E-state index < -0.39 is 0 Å². The normalized spacial score (nSPS) is 16.2. The Labute approximate surface area is 163 Å². The zero-order chi connectivity index (χ0) is 19.1. The van der Waals surface area contributed by atoms with Crippen LogP contribution in [0.5, 0.6) is 0 Å². The maximum Gasteiger partial charge on any atom is 0.257 e. The summed E-state index contributed by atoms with van der Waals surface area (Å²) in [7, 11) is 1.90. The molecule has 1 aliphatic heterocycles. The van der Waals surface area contributed by atoms with Crippen LogP contribution in [0.15, 0.2) is 59.4 Å². The molecule has 1 fully saturated rings. The van der Waals surface area contributed by atoms with Gasteiger partial charge in [-0.2, -0.15) is 5.10 Å². The Morgan fingerprint density at radius 2 is 1.68 bits per heavy atom. The molecule has 5 rings (SSSR count). The van der Waals surface area contributed by atoms with Gasteiger partial charge in [-0.1, -0.05) is 48.5 Å². The third-order valence-electron chi connectivity index (χ3n) is 6.02. The van der Waals surface area contributed by atoms with Crippen LogP contribution < -0.4 is 5.56 Å². The van der Waals surface area contributed by atoms with E-state index in [4.69, 9.17) is 5.10 Å². The Morgan fingerprint density at radius 1 is 1.00 bits per heavy atom. The van der Waals surface area contributed by atoms with Gasteiger partial charge < -0.3 is 4.98 Å². The van der Waals surface area contributed by atoms with E-state index >= 15 is 0 Å². The highest BCUT2D eigenvalue weighted by Gasteiger charge is 2.23. The Bertz CT molecular complexity index is 1180. The van der Waals surface area contributed by atoms with Crippen molar-refractivity contribution in [3.8, 4) is 0 Å². The first-order valence-electron chi connectivity index (χ1n) is 9.94. The molecule has 2 aromatic carbocycles. The molecule has 0 bridgehead atoms. The average Bonchev–Trinajstić information content (AvgIpc) is 3.04. The van der Waals surface area contributed by atoms with Crippen LogP contribution in [0.4, 0.5) is 0 Å². The van der Waals surface area contributed by atoms with Gasteiger partial charge >= 0.3 is 0 Å². The molecule has 0 radical (unpaired) electrons. The fourth-order valence-corrected chi connectivity index (χ4v) is 4.55. The highest BCUT2D eigenvalue weighted by Crippen LogP contribution is 2.30. The molecule has 0 saturated carbocycles. The quantitative estimate of drug-likeness (QED) is 0.595. The summed E-state index contributed by atoms with van der Waals surface area (Å²) in [5, 5.41) is 7.55. The van der Waals surface area contributed by atoms with Gasteiger partial charge in [-0.15, -0.1) is 0 Å². The third-order valence-corrected chi connectivity index (χ3v) is 6.02. The lowest BCUT2D eigenvalue weighted by Crippen LogP contribution is -2.32. The maximum absolute atomic E-state index is 12.4. The number of H-pyrrole nitrogens is 1. The number of pyridine rings is 1. The summed E-state index contributed by atoms with van der Waals surface area (Å²) in [6, 6.07) is 18.7. The standard InChI is InChI=1S/C23H24N4O/c1-26-22-21(18-9-5-6-10-19(18)23(28)24-22)20(25-26)15-27-13-11-17(12-14-27)16-7-3-2-4-8-16/h2-10,17H,11-15H2,1H3,(H,24,28). The average molecular weight is 372 g/mol. The fraction of sp³-hybridized carbons (Fsp3) is 0.304. The minimum Gasteiger partial charge on any atom is -0.306 e. The van der Waals surface area contributed by atoms with Crippen molar-refractivity contribution in [3.05, 3.63) is 76.2 Å². The molecule has 142 valence electrons. The molecular formula is C23H24N4O. The Hall–Kier alpha value is -2.92. The zero-order valence-electron chi connectivity index (χ0n) is 16.1. The second-order valence-corrected chi connectivity index (χ2v) is 7.75. The third kappa shape index (κ3) is 2.92. The first kappa shape index (κ1) is 17.2. The molecule has 0 atom stereocenters. The molecule has 2 aromatic heterocycles. The number of benzene rings is 2. The molecule has 5 nitrogen and oxygen atoms in total. The van der Waals surface area contributed by atoms with E-state index in [1.807, 2.05) is 31.3 Å². The molecule has 1 saturated heterocycles. The summed E-state index contributed by atoms with van der Waals surface area (Å²) in [4.78, 5) is 17.9. The molecule has 0 unspecified atom stereocenters. The van der Waals surface area contributed by atoms with E-state index in [1.165, 1.54) is 18.4 Å². The molecule has 1 aliphatic rings. The summed E-state index contributed by atoms with van der Waals surface area (Å²) < 4.78 is 1.80. The van der Waals surface area contributed by atoms with Crippen molar-refractivity contribution < 1.29 is 0 Å². The molecule has 0 amide bonds. The van der Waals surface area contributed by atoms with Gasteiger partial charge in [0.1, 0.15) is 5.65 Å². The van der Waals surface area contributed by atoms with Crippen LogP contribution in [0.1, 0.15) is 30.0 Å². The van der Waals surface area contributed by atoms with E-state index in [0.717, 1.165) is 47.1 Å². The lowest BCUT2D eigenvalue weighted by atomic mass is 9.89. The number of likely N-dealkylation sites (tertiary alicyclic amines) is 1. The minimum absolute atomic E-state index is 0.0543. The number of hydrogen-bond acceptors (Lipinski definition) is 3. The lowest BCUT2D eigenvalue weighted by Gasteiger charge is -2.31. The van der Waals surface area contributed by atoms with E-state index in [-0.39, 0.29) is 5.56 Å². The van der Waals surface area contributed by atoms with Crippen LogP contribution in [0.3, 0.4) is 0 Å². The van der Waals surface area contributed by atoms with Crippen LogP contribution in [0.25, 0.3) is 21.8 Å². The van der Waals surface area contributed by atoms with E-state index in [0.29, 0.717) is 5.92 Å². The van der Waals surface area contributed by atoms with Crippen molar-refractivity contribution in [2.75, 3.05) is 13.1 Å². The van der Waals surface area contributed by atoms with Gasteiger partial charge in [-0.05, 0) is 43.5 Å². The van der Waals surface area contributed by atoms with Crippen LogP contribution in [-0.2, 0) is 13.6 Å². The topological polar surface area (TPSA) is 53.9 Å². The molecule has 28 heavy (non-hydrogen) atoms. The van der Waals surface area contributed by atoms with Crippen molar-refractivity contribution in [2.24, 2.45) is 7.05 Å². The van der Waals surface area contributed by atoms with Crippen molar-refractivity contribution >= 4 is 21.8 Å². The number of hydrogen-bond donors (Lipinski definition) is 1. The molecule has 4 aromatic rings. The maximum atomic E-state index is 12.4. The molecular weight excluding hydrogens is 348 g/mol. The van der Waals surface area contributed by atoms with Crippen LogP contribution in [0, 0.1) is 0 Å². The van der Waals surface area contributed by atoms with Gasteiger partial charge in [0.15, 0.2) is 0 Å². The van der Waals surface area contributed by atoms with Gasteiger partial charge in [0, 0.05) is 29.8 Å². The smallest absolute Gasteiger partial charge is 0.257 e. The second-order valence-electron chi connectivity index (χ2n) is 7.75. The highest BCUT2D eigenvalue weighted by atomic mass is 16.1. The van der Waals surface area contributed by atoms with Gasteiger partial charge in [-0.25, -0.2) is 0 Å². The number of aryl methyl sites for hydroxylation is 1. The van der Waals surface area contributed by atoms with E-state index in [9.17, 15) is 4.79 Å². The van der Waals surface area contributed by atoms with Gasteiger partial charge in [0.2, 0.25) is 0 Å².